The van der Waals surface area contributed by atoms with Crippen molar-refractivity contribution in [2.75, 3.05) is 13.1 Å². The van der Waals surface area contributed by atoms with Gasteiger partial charge in [0, 0.05) is 32.6 Å². The van der Waals surface area contributed by atoms with Crippen molar-refractivity contribution in [1.29, 1.82) is 0 Å². The fraction of sp³-hybridized carbons (Fsp3) is 0.417. The van der Waals surface area contributed by atoms with Gasteiger partial charge in [-0.05, 0) is 49.4 Å². The van der Waals surface area contributed by atoms with Crippen molar-refractivity contribution in [1.82, 2.24) is 15.5 Å². The first kappa shape index (κ1) is 24.2. The Kier molecular flexibility index (Phi) is 9.62. The molecular formula is C24H33IN4O. The molecule has 30 heavy (non-hydrogen) atoms. The van der Waals surface area contributed by atoms with Crippen LogP contribution in [0.15, 0.2) is 47.5 Å². The van der Waals surface area contributed by atoms with Crippen molar-refractivity contribution < 1.29 is 4.79 Å². The van der Waals surface area contributed by atoms with Gasteiger partial charge in [0.2, 0.25) is 5.91 Å². The van der Waals surface area contributed by atoms with E-state index in [9.17, 15) is 4.79 Å². The number of carbonyl (C=O) groups excluding carboxylic acids is 1. The summed E-state index contributed by atoms with van der Waals surface area (Å²) >= 11 is 0. The molecule has 2 aromatic carbocycles. The van der Waals surface area contributed by atoms with Gasteiger partial charge in [0.25, 0.3) is 0 Å². The van der Waals surface area contributed by atoms with Crippen LogP contribution in [0.5, 0.6) is 0 Å². The fourth-order valence-electron chi connectivity index (χ4n) is 3.67. The first-order valence-electron chi connectivity index (χ1n) is 10.5. The van der Waals surface area contributed by atoms with Gasteiger partial charge in [0.05, 0.1) is 6.54 Å². The predicted octanol–water partition coefficient (Wildman–Crippen LogP) is 4.30. The first-order valence-corrected chi connectivity index (χ1v) is 10.5. The summed E-state index contributed by atoms with van der Waals surface area (Å²) in [6.07, 6.45) is 1.64. The molecule has 1 heterocycles. The molecule has 0 bridgehead atoms. The Morgan fingerprint density at radius 1 is 1.07 bits per heavy atom. The number of benzene rings is 2. The molecule has 0 unspecified atom stereocenters. The summed E-state index contributed by atoms with van der Waals surface area (Å²) in [5, 5.41) is 6.77. The van der Waals surface area contributed by atoms with E-state index < -0.39 is 0 Å². The predicted molar refractivity (Wildman–Crippen MR) is 134 cm³/mol. The van der Waals surface area contributed by atoms with Crippen LogP contribution in [0.2, 0.25) is 0 Å². The number of hydrogen-bond acceptors (Lipinski definition) is 2. The highest BCUT2D eigenvalue weighted by Crippen LogP contribution is 2.18. The summed E-state index contributed by atoms with van der Waals surface area (Å²) in [4.78, 5) is 18.7. The summed E-state index contributed by atoms with van der Waals surface area (Å²) in [5.74, 6) is 1.06. The summed E-state index contributed by atoms with van der Waals surface area (Å²) in [6, 6.07) is 14.8. The third kappa shape index (κ3) is 6.72. The lowest BCUT2D eigenvalue weighted by Gasteiger charge is -2.18. The Morgan fingerprint density at radius 2 is 1.83 bits per heavy atom. The molecule has 0 spiro atoms. The third-order valence-electron chi connectivity index (χ3n) is 5.35. The van der Waals surface area contributed by atoms with E-state index in [1.54, 1.807) is 0 Å². The first-order chi connectivity index (χ1) is 14.1. The number of aliphatic imine (C=N–C) groups is 1. The van der Waals surface area contributed by atoms with Gasteiger partial charge in [-0.2, -0.15) is 0 Å². The number of aryl methyl sites for hydroxylation is 2. The Labute approximate surface area is 197 Å². The number of nitrogens with one attached hydrogen (secondary N) is 2. The van der Waals surface area contributed by atoms with Crippen LogP contribution < -0.4 is 10.6 Å². The number of likely N-dealkylation sites (tertiary alicyclic amines) is 1. The van der Waals surface area contributed by atoms with Crippen LogP contribution in [-0.4, -0.2) is 29.9 Å². The summed E-state index contributed by atoms with van der Waals surface area (Å²) in [5.41, 5.74) is 6.18. The van der Waals surface area contributed by atoms with Gasteiger partial charge in [0.1, 0.15) is 0 Å². The van der Waals surface area contributed by atoms with Crippen molar-refractivity contribution >= 4 is 35.8 Å². The van der Waals surface area contributed by atoms with Crippen molar-refractivity contribution in [3.05, 3.63) is 70.3 Å². The largest absolute Gasteiger partial charge is 0.357 e. The molecule has 3 rings (SSSR count). The Morgan fingerprint density at radius 3 is 2.50 bits per heavy atom. The lowest BCUT2D eigenvalue weighted by Crippen LogP contribution is -2.37. The van der Waals surface area contributed by atoms with Gasteiger partial charge in [-0.25, -0.2) is 4.99 Å². The average Bonchev–Trinajstić information content (AvgIpc) is 3.11. The molecule has 0 atom stereocenters. The highest BCUT2D eigenvalue weighted by Gasteiger charge is 2.20. The topological polar surface area (TPSA) is 56.7 Å². The molecule has 162 valence electrons. The maximum atomic E-state index is 12.0. The SMILES string of the molecule is CCNC(=NCc1ccccc1CN1CCCC1=O)NCc1ccc(C)cc1C.I. The van der Waals surface area contributed by atoms with E-state index in [1.807, 2.05) is 17.0 Å². The summed E-state index contributed by atoms with van der Waals surface area (Å²) in [6.45, 7) is 9.99. The smallest absolute Gasteiger partial charge is 0.222 e. The molecule has 2 N–H and O–H groups in total. The molecule has 1 amide bonds. The van der Waals surface area contributed by atoms with Crippen molar-refractivity contribution in [2.45, 2.75) is 53.2 Å². The van der Waals surface area contributed by atoms with Gasteiger partial charge < -0.3 is 15.5 Å². The summed E-state index contributed by atoms with van der Waals surface area (Å²) in [7, 11) is 0. The van der Waals surface area contributed by atoms with E-state index in [2.05, 4.69) is 61.7 Å². The minimum Gasteiger partial charge on any atom is -0.357 e. The van der Waals surface area contributed by atoms with Gasteiger partial charge in [-0.1, -0.05) is 48.0 Å². The van der Waals surface area contributed by atoms with Crippen LogP contribution in [0.1, 0.15) is 47.6 Å². The molecule has 5 nitrogen and oxygen atoms in total. The average molecular weight is 520 g/mol. The van der Waals surface area contributed by atoms with E-state index in [1.165, 1.54) is 22.3 Å². The molecular weight excluding hydrogens is 487 g/mol. The van der Waals surface area contributed by atoms with Crippen LogP contribution in [0, 0.1) is 13.8 Å². The number of guanidine groups is 1. The molecule has 1 fully saturated rings. The zero-order valence-electron chi connectivity index (χ0n) is 18.2. The lowest BCUT2D eigenvalue weighted by atomic mass is 10.1. The van der Waals surface area contributed by atoms with Crippen LogP contribution in [0.3, 0.4) is 0 Å². The van der Waals surface area contributed by atoms with Crippen molar-refractivity contribution in [3.8, 4) is 0 Å². The van der Waals surface area contributed by atoms with E-state index in [0.29, 0.717) is 19.5 Å². The maximum absolute atomic E-state index is 12.0. The van der Waals surface area contributed by atoms with E-state index in [0.717, 1.165) is 37.6 Å². The lowest BCUT2D eigenvalue weighted by molar-refractivity contribution is -0.128. The van der Waals surface area contributed by atoms with E-state index in [-0.39, 0.29) is 29.9 Å². The molecule has 0 saturated carbocycles. The molecule has 0 radical (unpaired) electrons. The zero-order chi connectivity index (χ0) is 20.6. The number of rotatable bonds is 7. The second-order valence-corrected chi connectivity index (χ2v) is 7.67. The Hall–Kier alpha value is -2.09. The monoisotopic (exact) mass is 520 g/mol. The fourth-order valence-corrected chi connectivity index (χ4v) is 3.67. The van der Waals surface area contributed by atoms with Crippen LogP contribution in [0.4, 0.5) is 0 Å². The number of carbonyl (C=O) groups is 1. The number of nitrogens with zero attached hydrogens (tertiary/aromatic N) is 2. The Balaban J connectivity index is 0.00000320. The quantitative estimate of drug-likeness (QED) is 0.325. The second-order valence-electron chi connectivity index (χ2n) is 7.67. The molecule has 2 aromatic rings. The number of hydrogen-bond donors (Lipinski definition) is 2. The molecule has 1 saturated heterocycles. The highest BCUT2D eigenvalue weighted by molar-refractivity contribution is 14.0. The van der Waals surface area contributed by atoms with Gasteiger partial charge in [0.15, 0.2) is 5.96 Å². The zero-order valence-corrected chi connectivity index (χ0v) is 20.5. The normalized spacial score (nSPS) is 13.9. The molecule has 0 aliphatic carbocycles. The number of halogens is 1. The molecule has 1 aliphatic rings. The summed E-state index contributed by atoms with van der Waals surface area (Å²) < 4.78 is 0. The minimum absolute atomic E-state index is 0. The van der Waals surface area contributed by atoms with Crippen LogP contribution in [0.25, 0.3) is 0 Å². The highest BCUT2D eigenvalue weighted by atomic mass is 127. The molecule has 1 aliphatic heterocycles. The van der Waals surface area contributed by atoms with Crippen molar-refractivity contribution in [3.63, 3.8) is 0 Å². The van der Waals surface area contributed by atoms with E-state index >= 15 is 0 Å². The van der Waals surface area contributed by atoms with Crippen LogP contribution >= 0.6 is 24.0 Å². The van der Waals surface area contributed by atoms with Gasteiger partial charge in [-0.15, -0.1) is 24.0 Å². The third-order valence-corrected chi connectivity index (χ3v) is 5.35. The van der Waals surface area contributed by atoms with Crippen LogP contribution in [-0.2, 0) is 24.4 Å². The standard InChI is InChI=1S/C24H32N4O.HI/c1-4-25-24(26-15-20-12-11-18(2)14-19(20)3)27-16-21-8-5-6-9-22(21)17-28-13-7-10-23(28)29;/h5-6,8-9,11-12,14H,4,7,10,13,15-17H2,1-3H3,(H2,25,26,27);1H. The van der Waals surface area contributed by atoms with Crippen molar-refractivity contribution in [2.24, 2.45) is 4.99 Å². The minimum atomic E-state index is 0. The molecule has 6 heteroatoms. The maximum Gasteiger partial charge on any atom is 0.222 e. The molecule has 0 aromatic heterocycles. The van der Waals surface area contributed by atoms with E-state index in [4.69, 9.17) is 4.99 Å². The Bertz CT molecular complexity index is 881. The number of amides is 1. The van der Waals surface area contributed by atoms with Gasteiger partial charge >= 0.3 is 0 Å². The second kappa shape index (κ2) is 11.9. The van der Waals surface area contributed by atoms with Gasteiger partial charge in [-0.3, -0.25) is 4.79 Å².